The molecule has 22 heavy (non-hydrogen) atoms. The second-order valence-electron chi connectivity index (χ2n) is 5.76. The minimum absolute atomic E-state index is 0.0176. The molecule has 1 N–H and O–H groups in total. The van der Waals surface area contributed by atoms with E-state index >= 15 is 0 Å². The molecule has 0 aliphatic carbocycles. The van der Waals surface area contributed by atoms with E-state index in [0.29, 0.717) is 28.9 Å². The van der Waals surface area contributed by atoms with Gasteiger partial charge in [0.25, 0.3) is 5.91 Å². The predicted octanol–water partition coefficient (Wildman–Crippen LogP) is 3.38. The standard InChI is InChI=1S/C16H21Cl2NO3/c1-2-16(11-20)5-7-19(8-6-16)15(21)10-22-12-3-4-13(17)14(18)9-12/h3-4,9,20H,2,5-8,10-11H2,1H3. The highest BCUT2D eigenvalue weighted by atomic mass is 35.5. The molecule has 1 fully saturated rings. The number of nitrogens with zero attached hydrogens (tertiary/aromatic N) is 1. The Kier molecular flexibility index (Phi) is 5.95. The lowest BCUT2D eigenvalue weighted by Crippen LogP contribution is -2.45. The molecule has 1 aromatic rings. The number of benzene rings is 1. The Morgan fingerprint density at radius 1 is 1.32 bits per heavy atom. The molecular formula is C16H21Cl2NO3. The Morgan fingerprint density at radius 2 is 2.00 bits per heavy atom. The molecule has 0 aromatic heterocycles. The van der Waals surface area contributed by atoms with Crippen LogP contribution >= 0.6 is 23.2 Å². The van der Waals surface area contributed by atoms with Crippen molar-refractivity contribution in [3.05, 3.63) is 28.2 Å². The third kappa shape index (κ3) is 4.06. The lowest BCUT2D eigenvalue weighted by atomic mass is 9.77. The number of rotatable bonds is 5. The fourth-order valence-corrected chi connectivity index (χ4v) is 2.95. The first-order valence-corrected chi connectivity index (χ1v) is 8.22. The number of carbonyl (C=O) groups is 1. The second kappa shape index (κ2) is 7.53. The van der Waals surface area contributed by atoms with Gasteiger partial charge in [0, 0.05) is 25.8 Å². The van der Waals surface area contributed by atoms with Gasteiger partial charge in [0.15, 0.2) is 6.61 Å². The van der Waals surface area contributed by atoms with Crippen molar-refractivity contribution < 1.29 is 14.6 Å². The van der Waals surface area contributed by atoms with E-state index in [0.717, 1.165) is 19.3 Å². The molecule has 1 heterocycles. The maximum absolute atomic E-state index is 12.2. The third-order valence-corrected chi connectivity index (χ3v) is 5.25. The van der Waals surface area contributed by atoms with E-state index in [2.05, 4.69) is 6.92 Å². The number of aliphatic hydroxyl groups is 1. The van der Waals surface area contributed by atoms with Crippen molar-refractivity contribution in [2.45, 2.75) is 26.2 Å². The molecule has 0 saturated carbocycles. The predicted molar refractivity (Wildman–Crippen MR) is 87.6 cm³/mol. The highest BCUT2D eigenvalue weighted by Crippen LogP contribution is 2.34. The van der Waals surface area contributed by atoms with E-state index in [1.165, 1.54) is 0 Å². The van der Waals surface area contributed by atoms with E-state index < -0.39 is 0 Å². The summed E-state index contributed by atoms with van der Waals surface area (Å²) in [5.41, 5.74) is -0.0264. The van der Waals surface area contributed by atoms with Crippen molar-refractivity contribution in [1.29, 1.82) is 0 Å². The van der Waals surface area contributed by atoms with Crippen LogP contribution < -0.4 is 4.74 Å². The van der Waals surface area contributed by atoms with Crippen LogP contribution in [0.15, 0.2) is 18.2 Å². The average molecular weight is 346 g/mol. The Bertz CT molecular complexity index is 522. The number of halogens is 2. The van der Waals surface area contributed by atoms with Gasteiger partial charge in [-0.2, -0.15) is 0 Å². The first-order valence-electron chi connectivity index (χ1n) is 7.46. The average Bonchev–Trinajstić information content (AvgIpc) is 2.55. The van der Waals surface area contributed by atoms with Crippen LogP contribution in [0, 0.1) is 5.41 Å². The minimum atomic E-state index is -0.0475. The van der Waals surface area contributed by atoms with E-state index in [-0.39, 0.29) is 24.5 Å². The number of piperidine rings is 1. The molecule has 0 radical (unpaired) electrons. The van der Waals surface area contributed by atoms with Gasteiger partial charge in [-0.1, -0.05) is 30.1 Å². The van der Waals surface area contributed by atoms with Crippen molar-refractivity contribution >= 4 is 29.1 Å². The van der Waals surface area contributed by atoms with Crippen LogP contribution in [-0.4, -0.2) is 42.2 Å². The van der Waals surface area contributed by atoms with Gasteiger partial charge in [-0.25, -0.2) is 0 Å². The zero-order valence-electron chi connectivity index (χ0n) is 12.6. The van der Waals surface area contributed by atoms with Crippen LogP contribution in [-0.2, 0) is 4.79 Å². The van der Waals surface area contributed by atoms with Gasteiger partial charge in [-0.3, -0.25) is 4.79 Å². The number of carbonyl (C=O) groups excluding carboxylic acids is 1. The molecule has 1 aliphatic rings. The van der Waals surface area contributed by atoms with Gasteiger partial charge in [0.1, 0.15) is 5.75 Å². The van der Waals surface area contributed by atoms with Crippen molar-refractivity contribution in [2.75, 3.05) is 26.3 Å². The van der Waals surface area contributed by atoms with E-state index in [1.54, 1.807) is 23.1 Å². The number of likely N-dealkylation sites (tertiary alicyclic amines) is 1. The monoisotopic (exact) mass is 345 g/mol. The van der Waals surface area contributed by atoms with Gasteiger partial charge in [-0.15, -0.1) is 0 Å². The van der Waals surface area contributed by atoms with Gasteiger partial charge in [0.05, 0.1) is 10.0 Å². The lowest BCUT2D eigenvalue weighted by Gasteiger charge is -2.40. The molecule has 1 aromatic carbocycles. The van der Waals surface area contributed by atoms with Crippen LogP contribution in [0.25, 0.3) is 0 Å². The molecular weight excluding hydrogens is 325 g/mol. The fraction of sp³-hybridized carbons (Fsp3) is 0.562. The normalized spacial score (nSPS) is 17.4. The summed E-state index contributed by atoms with van der Waals surface area (Å²) in [4.78, 5) is 14.0. The van der Waals surface area contributed by atoms with Crippen LogP contribution in [0.4, 0.5) is 0 Å². The summed E-state index contributed by atoms with van der Waals surface area (Å²) in [5, 5.41) is 10.4. The summed E-state index contributed by atoms with van der Waals surface area (Å²) in [6, 6.07) is 4.92. The van der Waals surface area contributed by atoms with Gasteiger partial charge in [-0.05, 0) is 36.8 Å². The van der Waals surface area contributed by atoms with Crippen LogP contribution in [0.2, 0.25) is 10.0 Å². The zero-order valence-corrected chi connectivity index (χ0v) is 14.2. The largest absolute Gasteiger partial charge is 0.484 e. The quantitative estimate of drug-likeness (QED) is 0.889. The molecule has 4 nitrogen and oxygen atoms in total. The summed E-state index contributed by atoms with van der Waals surface area (Å²) in [7, 11) is 0. The summed E-state index contributed by atoms with van der Waals surface area (Å²) in [5.74, 6) is 0.478. The van der Waals surface area contributed by atoms with Gasteiger partial charge >= 0.3 is 0 Å². The molecule has 0 bridgehead atoms. The maximum Gasteiger partial charge on any atom is 0.260 e. The Morgan fingerprint density at radius 3 is 2.55 bits per heavy atom. The molecule has 0 unspecified atom stereocenters. The lowest BCUT2D eigenvalue weighted by molar-refractivity contribution is -0.136. The Labute approximate surface area is 141 Å². The molecule has 1 saturated heterocycles. The zero-order chi connectivity index (χ0) is 16.2. The Hall–Kier alpha value is -0.970. The highest BCUT2D eigenvalue weighted by molar-refractivity contribution is 6.42. The molecule has 0 spiro atoms. The first kappa shape index (κ1) is 17.4. The summed E-state index contributed by atoms with van der Waals surface area (Å²) < 4.78 is 5.48. The summed E-state index contributed by atoms with van der Waals surface area (Å²) >= 11 is 11.7. The minimum Gasteiger partial charge on any atom is -0.484 e. The van der Waals surface area contributed by atoms with Gasteiger partial charge < -0.3 is 14.7 Å². The Balaban J connectivity index is 1.84. The van der Waals surface area contributed by atoms with E-state index in [1.807, 2.05) is 0 Å². The number of amides is 1. The van der Waals surface area contributed by atoms with Gasteiger partial charge in [0.2, 0.25) is 0 Å². The topological polar surface area (TPSA) is 49.8 Å². The van der Waals surface area contributed by atoms with Crippen LogP contribution in [0.5, 0.6) is 5.75 Å². The number of aliphatic hydroxyl groups excluding tert-OH is 1. The fourth-order valence-electron chi connectivity index (χ4n) is 2.66. The number of ether oxygens (including phenoxy) is 1. The highest BCUT2D eigenvalue weighted by Gasteiger charge is 2.33. The molecule has 122 valence electrons. The first-order chi connectivity index (χ1) is 10.5. The van der Waals surface area contributed by atoms with E-state index in [4.69, 9.17) is 27.9 Å². The maximum atomic E-state index is 12.2. The van der Waals surface area contributed by atoms with Crippen molar-refractivity contribution in [3.8, 4) is 5.75 Å². The molecule has 1 aliphatic heterocycles. The summed E-state index contributed by atoms with van der Waals surface area (Å²) in [6.45, 7) is 3.58. The third-order valence-electron chi connectivity index (χ3n) is 4.52. The number of hydrogen-bond acceptors (Lipinski definition) is 3. The summed E-state index contributed by atoms with van der Waals surface area (Å²) in [6.07, 6.45) is 2.60. The SMILES string of the molecule is CCC1(CO)CCN(C(=O)COc2ccc(Cl)c(Cl)c2)CC1. The van der Waals surface area contributed by atoms with Crippen molar-refractivity contribution in [2.24, 2.45) is 5.41 Å². The molecule has 6 heteroatoms. The van der Waals surface area contributed by atoms with E-state index in [9.17, 15) is 9.90 Å². The molecule has 0 atom stereocenters. The molecule has 2 rings (SSSR count). The van der Waals surface area contributed by atoms with Crippen LogP contribution in [0.3, 0.4) is 0 Å². The second-order valence-corrected chi connectivity index (χ2v) is 6.57. The van der Waals surface area contributed by atoms with Crippen molar-refractivity contribution in [3.63, 3.8) is 0 Å². The smallest absolute Gasteiger partial charge is 0.260 e. The molecule has 1 amide bonds. The number of hydrogen-bond donors (Lipinski definition) is 1. The van der Waals surface area contributed by atoms with Crippen LogP contribution in [0.1, 0.15) is 26.2 Å². The van der Waals surface area contributed by atoms with Crippen molar-refractivity contribution in [1.82, 2.24) is 4.90 Å².